The van der Waals surface area contributed by atoms with E-state index in [1.54, 1.807) is 0 Å². The van der Waals surface area contributed by atoms with Crippen molar-refractivity contribution in [3.63, 3.8) is 0 Å². The number of hydrogen-bond acceptors (Lipinski definition) is 3. The minimum Gasteiger partial charge on any atom is -0.490 e. The van der Waals surface area contributed by atoms with Gasteiger partial charge in [-0.25, -0.2) is 0 Å². The Morgan fingerprint density at radius 1 is 1.35 bits per heavy atom. The molecule has 1 rings (SSSR count). The lowest BCUT2D eigenvalue weighted by atomic mass is 10.2. The summed E-state index contributed by atoms with van der Waals surface area (Å²) in [6.45, 7) is 7.20. The van der Waals surface area contributed by atoms with Crippen molar-refractivity contribution in [2.75, 3.05) is 20.3 Å². The zero-order valence-electron chi connectivity index (χ0n) is 10.3. The summed E-state index contributed by atoms with van der Waals surface area (Å²) in [5.74, 6) is 1.42. The Morgan fingerprint density at radius 3 is 2.71 bits per heavy atom. The third kappa shape index (κ3) is 4.67. The van der Waals surface area contributed by atoms with Crippen LogP contribution in [0, 0.1) is 0 Å². The van der Waals surface area contributed by atoms with Crippen LogP contribution in [-0.2, 0) is 6.54 Å². The molecule has 17 heavy (non-hydrogen) atoms. The zero-order chi connectivity index (χ0) is 12.7. The highest BCUT2D eigenvalue weighted by atomic mass is 35.5. The number of benzene rings is 1. The van der Waals surface area contributed by atoms with E-state index in [1.165, 1.54) is 0 Å². The minimum atomic E-state index is 0.285. The fraction of sp³-hybridized carbons (Fsp3) is 0.385. The fourth-order valence-electron chi connectivity index (χ4n) is 1.41. The predicted octanol–water partition coefficient (Wildman–Crippen LogP) is 2.94. The van der Waals surface area contributed by atoms with Crippen LogP contribution < -0.4 is 14.8 Å². The lowest BCUT2D eigenvalue weighted by molar-refractivity contribution is 0.295. The molecule has 4 heteroatoms. The molecule has 0 fully saturated rings. The van der Waals surface area contributed by atoms with Gasteiger partial charge < -0.3 is 14.8 Å². The highest BCUT2D eigenvalue weighted by Crippen LogP contribution is 2.29. The molecule has 0 aliphatic rings. The number of hydrogen-bond donors (Lipinski definition) is 1. The molecule has 0 spiro atoms. The van der Waals surface area contributed by atoms with Gasteiger partial charge in [0.25, 0.3) is 0 Å². The van der Waals surface area contributed by atoms with Gasteiger partial charge in [-0.05, 0) is 31.7 Å². The molecule has 0 aliphatic carbocycles. The molecular weight excluding hydrogens is 238 g/mol. The third-order valence-electron chi connectivity index (χ3n) is 2.07. The molecule has 0 heterocycles. The topological polar surface area (TPSA) is 30.5 Å². The molecule has 1 aromatic rings. The van der Waals surface area contributed by atoms with Crippen LogP contribution in [0.15, 0.2) is 29.8 Å². The van der Waals surface area contributed by atoms with E-state index in [0.717, 1.165) is 17.9 Å². The van der Waals surface area contributed by atoms with Crippen LogP contribution >= 0.6 is 11.6 Å². The van der Waals surface area contributed by atoms with E-state index >= 15 is 0 Å². The van der Waals surface area contributed by atoms with Crippen molar-refractivity contribution in [3.05, 3.63) is 35.4 Å². The molecule has 0 bridgehead atoms. The molecule has 0 aromatic heterocycles. The maximum absolute atomic E-state index is 5.67. The van der Waals surface area contributed by atoms with Crippen molar-refractivity contribution >= 4 is 11.6 Å². The van der Waals surface area contributed by atoms with Crippen LogP contribution in [0.2, 0.25) is 0 Å². The highest BCUT2D eigenvalue weighted by Gasteiger charge is 2.06. The van der Waals surface area contributed by atoms with Gasteiger partial charge in [-0.15, -0.1) is 0 Å². The van der Waals surface area contributed by atoms with Gasteiger partial charge in [0.05, 0.1) is 6.61 Å². The Balaban J connectivity index is 2.83. The Hall–Kier alpha value is -1.19. The Bertz CT molecular complexity index is 380. The molecule has 0 amide bonds. The van der Waals surface area contributed by atoms with Crippen molar-refractivity contribution < 1.29 is 9.47 Å². The van der Waals surface area contributed by atoms with Gasteiger partial charge in [-0.3, -0.25) is 0 Å². The van der Waals surface area contributed by atoms with Gasteiger partial charge >= 0.3 is 0 Å². The minimum absolute atomic E-state index is 0.285. The Morgan fingerprint density at radius 2 is 2.12 bits per heavy atom. The van der Waals surface area contributed by atoms with E-state index in [-0.39, 0.29) is 6.61 Å². The summed E-state index contributed by atoms with van der Waals surface area (Å²) in [7, 11) is 1.91. The molecule has 0 atom stereocenters. The van der Waals surface area contributed by atoms with Gasteiger partial charge in [0.1, 0.15) is 6.61 Å². The number of nitrogens with one attached hydrogen (secondary N) is 1. The van der Waals surface area contributed by atoms with Gasteiger partial charge in [0.2, 0.25) is 0 Å². The molecule has 0 unspecified atom stereocenters. The second kappa shape index (κ2) is 7.20. The van der Waals surface area contributed by atoms with E-state index in [0.29, 0.717) is 17.4 Å². The quantitative estimate of drug-likeness (QED) is 0.813. The first-order valence-corrected chi connectivity index (χ1v) is 5.91. The van der Waals surface area contributed by atoms with E-state index in [4.69, 9.17) is 21.1 Å². The largest absolute Gasteiger partial charge is 0.490 e. The van der Waals surface area contributed by atoms with Crippen molar-refractivity contribution in [2.24, 2.45) is 0 Å². The summed E-state index contributed by atoms with van der Waals surface area (Å²) >= 11 is 5.67. The average molecular weight is 256 g/mol. The number of rotatable bonds is 7. The van der Waals surface area contributed by atoms with Crippen molar-refractivity contribution in [1.82, 2.24) is 5.32 Å². The number of halogens is 1. The van der Waals surface area contributed by atoms with Crippen LogP contribution in [-0.4, -0.2) is 20.3 Å². The normalized spacial score (nSPS) is 10.1. The molecule has 0 saturated heterocycles. The highest BCUT2D eigenvalue weighted by molar-refractivity contribution is 6.29. The SMILES string of the molecule is C=C(Cl)COc1ccc(CNC)cc1OCC. The molecule has 0 radical (unpaired) electrons. The number of ether oxygens (including phenoxy) is 2. The van der Waals surface area contributed by atoms with E-state index in [1.807, 2.05) is 32.2 Å². The second-order valence-electron chi connectivity index (χ2n) is 3.55. The lowest BCUT2D eigenvalue weighted by Gasteiger charge is -2.13. The molecule has 0 aliphatic heterocycles. The smallest absolute Gasteiger partial charge is 0.161 e. The summed E-state index contributed by atoms with van der Waals surface area (Å²) in [6.07, 6.45) is 0. The second-order valence-corrected chi connectivity index (χ2v) is 4.08. The van der Waals surface area contributed by atoms with E-state index in [2.05, 4.69) is 11.9 Å². The molecule has 3 nitrogen and oxygen atoms in total. The maximum Gasteiger partial charge on any atom is 0.161 e. The fourth-order valence-corrected chi connectivity index (χ4v) is 1.46. The van der Waals surface area contributed by atoms with Crippen LogP contribution in [0.1, 0.15) is 12.5 Å². The summed E-state index contributed by atoms with van der Waals surface area (Å²) in [5.41, 5.74) is 1.15. The van der Waals surface area contributed by atoms with Crippen LogP contribution in [0.3, 0.4) is 0 Å². The summed E-state index contributed by atoms with van der Waals surface area (Å²) < 4.78 is 11.0. The summed E-state index contributed by atoms with van der Waals surface area (Å²) in [6, 6.07) is 5.84. The average Bonchev–Trinajstić information content (AvgIpc) is 2.28. The molecule has 0 saturated carbocycles. The lowest BCUT2D eigenvalue weighted by Crippen LogP contribution is -2.06. The predicted molar refractivity (Wildman–Crippen MR) is 70.9 cm³/mol. The van der Waals surface area contributed by atoms with E-state index in [9.17, 15) is 0 Å². The Kier molecular flexibility index (Phi) is 5.87. The molecule has 1 aromatic carbocycles. The first-order chi connectivity index (χ1) is 8.17. The maximum atomic E-state index is 5.67. The molecule has 94 valence electrons. The monoisotopic (exact) mass is 255 g/mol. The van der Waals surface area contributed by atoms with Crippen LogP contribution in [0.25, 0.3) is 0 Å². The molecular formula is C13H18ClNO2. The van der Waals surface area contributed by atoms with E-state index < -0.39 is 0 Å². The van der Waals surface area contributed by atoms with Gasteiger partial charge in [-0.2, -0.15) is 0 Å². The summed E-state index contributed by atoms with van der Waals surface area (Å²) in [5, 5.41) is 3.56. The van der Waals surface area contributed by atoms with Gasteiger partial charge in [0, 0.05) is 11.6 Å². The zero-order valence-corrected chi connectivity index (χ0v) is 11.0. The van der Waals surface area contributed by atoms with Crippen LogP contribution in [0.4, 0.5) is 0 Å². The van der Waals surface area contributed by atoms with Crippen LogP contribution in [0.5, 0.6) is 11.5 Å². The standard InChI is InChI=1S/C13H18ClNO2/c1-4-16-13-7-11(8-15-3)5-6-12(13)17-9-10(2)14/h5-7,15H,2,4,8-9H2,1,3H3. The Labute approximate surface area is 107 Å². The first kappa shape index (κ1) is 13.9. The van der Waals surface area contributed by atoms with Gasteiger partial charge in [-0.1, -0.05) is 24.2 Å². The van der Waals surface area contributed by atoms with Gasteiger partial charge in [0.15, 0.2) is 11.5 Å². The third-order valence-corrected chi connectivity index (χ3v) is 2.18. The molecule has 1 N–H and O–H groups in total. The van der Waals surface area contributed by atoms with Crippen molar-refractivity contribution in [2.45, 2.75) is 13.5 Å². The first-order valence-electron chi connectivity index (χ1n) is 5.53. The van der Waals surface area contributed by atoms with Crippen molar-refractivity contribution in [3.8, 4) is 11.5 Å². The summed E-state index contributed by atoms with van der Waals surface area (Å²) in [4.78, 5) is 0. The van der Waals surface area contributed by atoms with Crippen molar-refractivity contribution in [1.29, 1.82) is 0 Å².